The summed E-state index contributed by atoms with van der Waals surface area (Å²) in [5, 5.41) is 17.2. The van der Waals surface area contributed by atoms with Crippen molar-refractivity contribution in [3.05, 3.63) is 27.7 Å². The van der Waals surface area contributed by atoms with Crippen LogP contribution in [0.15, 0.2) is 11.0 Å². The smallest absolute Gasteiger partial charge is 0.263 e. The van der Waals surface area contributed by atoms with Crippen LogP contribution < -0.4 is 16.2 Å². The van der Waals surface area contributed by atoms with Gasteiger partial charge in [0, 0.05) is 24.7 Å². The van der Waals surface area contributed by atoms with Gasteiger partial charge in [0.2, 0.25) is 5.95 Å². The molecule has 0 bridgehead atoms. The Kier molecular flexibility index (Phi) is 5.13. The molecular formula is C19H25N5O4. The Bertz CT molecular complexity index is 967. The minimum absolute atomic E-state index is 0.0647. The molecule has 2 aliphatic rings. The fourth-order valence-corrected chi connectivity index (χ4v) is 4.07. The summed E-state index contributed by atoms with van der Waals surface area (Å²) in [5.41, 5.74) is 1.01. The van der Waals surface area contributed by atoms with Gasteiger partial charge in [0.05, 0.1) is 30.4 Å². The van der Waals surface area contributed by atoms with E-state index in [4.69, 9.17) is 4.74 Å². The minimum Gasteiger partial charge on any atom is -0.389 e. The van der Waals surface area contributed by atoms with Gasteiger partial charge in [-0.05, 0) is 38.8 Å². The summed E-state index contributed by atoms with van der Waals surface area (Å²) in [7, 11) is 0. The molecule has 9 nitrogen and oxygen atoms in total. The van der Waals surface area contributed by atoms with Gasteiger partial charge in [-0.1, -0.05) is 0 Å². The van der Waals surface area contributed by atoms with Gasteiger partial charge in [-0.15, -0.1) is 0 Å². The van der Waals surface area contributed by atoms with Gasteiger partial charge in [0.15, 0.2) is 5.78 Å². The Balaban J connectivity index is 1.84. The fraction of sp³-hybridized carbons (Fsp3) is 0.579. The number of Topliss-reactive ketones (excluding diaryl/α,β-unsaturated/α-hetero) is 1. The van der Waals surface area contributed by atoms with Crippen LogP contribution in [0.2, 0.25) is 0 Å². The molecular weight excluding hydrogens is 362 g/mol. The van der Waals surface area contributed by atoms with Gasteiger partial charge in [-0.3, -0.25) is 14.2 Å². The Morgan fingerprint density at radius 3 is 2.93 bits per heavy atom. The summed E-state index contributed by atoms with van der Waals surface area (Å²) in [6.45, 7) is 5.46. The first-order valence-corrected chi connectivity index (χ1v) is 9.63. The van der Waals surface area contributed by atoms with Gasteiger partial charge in [-0.25, -0.2) is 4.98 Å². The average molecular weight is 387 g/mol. The number of ether oxygens (including phenoxy) is 1. The van der Waals surface area contributed by atoms with Crippen molar-refractivity contribution in [3.8, 4) is 0 Å². The summed E-state index contributed by atoms with van der Waals surface area (Å²) in [4.78, 5) is 34.3. The predicted octanol–water partition coefficient (Wildman–Crippen LogP) is 0.399. The predicted molar refractivity (Wildman–Crippen MR) is 104 cm³/mol. The number of hydrogen-bond acceptors (Lipinski definition) is 8. The lowest BCUT2D eigenvalue weighted by Crippen LogP contribution is -2.42. The van der Waals surface area contributed by atoms with Crippen LogP contribution in [-0.4, -0.2) is 63.9 Å². The van der Waals surface area contributed by atoms with E-state index in [2.05, 4.69) is 20.6 Å². The molecule has 0 aliphatic carbocycles. The van der Waals surface area contributed by atoms with E-state index in [1.165, 1.54) is 6.92 Å². The van der Waals surface area contributed by atoms with Crippen molar-refractivity contribution in [1.82, 2.24) is 19.9 Å². The summed E-state index contributed by atoms with van der Waals surface area (Å²) in [6.07, 6.45) is 2.44. The molecule has 3 atom stereocenters. The Hall–Kier alpha value is -2.36. The van der Waals surface area contributed by atoms with Crippen molar-refractivity contribution in [3.63, 3.8) is 0 Å². The lowest BCUT2D eigenvalue weighted by molar-refractivity contribution is -0.0136. The molecule has 0 radical (unpaired) electrons. The molecule has 28 heavy (non-hydrogen) atoms. The molecule has 2 saturated heterocycles. The van der Waals surface area contributed by atoms with Crippen molar-refractivity contribution in [1.29, 1.82) is 0 Å². The van der Waals surface area contributed by atoms with Gasteiger partial charge < -0.3 is 20.5 Å². The standard InChI is InChI=1S/C19H25N5O4/c1-10-13-8-21-19(22-14-4-6-28-9-15(14)26)23-17(13)24(12-3-5-20-7-12)18(27)16(10)11(2)25/h8,12,14-15,20,26H,3-7,9H2,1-2H3,(H,21,22,23)/t12-,14-,15-/m1/s1. The van der Waals surface area contributed by atoms with Crippen molar-refractivity contribution >= 4 is 22.8 Å². The Morgan fingerprint density at radius 1 is 1.43 bits per heavy atom. The SMILES string of the molecule is CC(=O)c1c(C)c2cnc(N[C@@H]3CCOC[C@H]3O)nc2n([C@@H]2CCNC2)c1=O. The highest BCUT2D eigenvalue weighted by Crippen LogP contribution is 2.24. The fourth-order valence-electron chi connectivity index (χ4n) is 4.07. The first kappa shape index (κ1) is 19.0. The van der Waals surface area contributed by atoms with Crippen molar-refractivity contribution in [2.45, 2.75) is 44.9 Å². The first-order valence-electron chi connectivity index (χ1n) is 9.63. The lowest BCUT2D eigenvalue weighted by Gasteiger charge is -2.28. The summed E-state index contributed by atoms with van der Waals surface area (Å²) >= 11 is 0. The number of carbonyl (C=O) groups excluding carboxylic acids is 1. The summed E-state index contributed by atoms with van der Waals surface area (Å²) in [6, 6.07) is -0.276. The molecule has 3 N–H and O–H groups in total. The molecule has 2 fully saturated rings. The molecule has 150 valence electrons. The van der Waals surface area contributed by atoms with Gasteiger partial charge >= 0.3 is 0 Å². The maximum Gasteiger partial charge on any atom is 0.263 e. The number of aliphatic hydroxyl groups excluding tert-OH is 1. The number of nitrogens with one attached hydrogen (secondary N) is 2. The number of carbonyl (C=O) groups is 1. The average Bonchev–Trinajstić information content (AvgIpc) is 3.17. The molecule has 0 saturated carbocycles. The second kappa shape index (κ2) is 7.57. The first-order chi connectivity index (χ1) is 13.5. The molecule has 0 aromatic carbocycles. The number of pyridine rings is 1. The number of aromatic nitrogens is 3. The van der Waals surface area contributed by atoms with Crippen LogP contribution >= 0.6 is 0 Å². The number of ketones is 1. The molecule has 0 amide bonds. The minimum atomic E-state index is -0.643. The van der Waals surface area contributed by atoms with E-state index in [0.717, 1.165) is 13.0 Å². The molecule has 2 aromatic heterocycles. The second-order valence-electron chi connectivity index (χ2n) is 7.49. The maximum absolute atomic E-state index is 13.2. The molecule has 0 spiro atoms. The zero-order valence-corrected chi connectivity index (χ0v) is 16.1. The Morgan fingerprint density at radius 2 is 2.25 bits per heavy atom. The van der Waals surface area contributed by atoms with Crippen LogP contribution in [0.4, 0.5) is 5.95 Å². The van der Waals surface area contributed by atoms with E-state index in [9.17, 15) is 14.7 Å². The summed E-state index contributed by atoms with van der Waals surface area (Å²) < 4.78 is 6.89. The topological polar surface area (TPSA) is 118 Å². The van der Waals surface area contributed by atoms with Crippen LogP contribution in [0.25, 0.3) is 11.0 Å². The quantitative estimate of drug-likeness (QED) is 0.645. The van der Waals surface area contributed by atoms with E-state index < -0.39 is 6.10 Å². The van der Waals surface area contributed by atoms with Crippen LogP contribution in [0.3, 0.4) is 0 Å². The van der Waals surface area contributed by atoms with Crippen molar-refractivity contribution in [2.24, 2.45) is 0 Å². The number of hydrogen-bond donors (Lipinski definition) is 3. The van der Waals surface area contributed by atoms with Gasteiger partial charge in [0.25, 0.3) is 5.56 Å². The maximum atomic E-state index is 13.2. The highest BCUT2D eigenvalue weighted by atomic mass is 16.5. The lowest BCUT2D eigenvalue weighted by atomic mass is 10.0. The van der Waals surface area contributed by atoms with Crippen LogP contribution in [0.1, 0.15) is 41.7 Å². The van der Waals surface area contributed by atoms with Crippen LogP contribution in [-0.2, 0) is 4.74 Å². The third-order valence-electron chi connectivity index (χ3n) is 5.60. The largest absolute Gasteiger partial charge is 0.389 e. The number of nitrogens with zero attached hydrogens (tertiary/aromatic N) is 3. The normalized spacial score (nSPS) is 25.2. The second-order valence-corrected chi connectivity index (χ2v) is 7.49. The zero-order chi connectivity index (χ0) is 19.8. The number of rotatable bonds is 4. The van der Waals surface area contributed by atoms with E-state index in [1.807, 2.05) is 0 Å². The number of fused-ring (bicyclic) bond motifs is 1. The van der Waals surface area contributed by atoms with E-state index >= 15 is 0 Å². The molecule has 4 rings (SSSR count). The van der Waals surface area contributed by atoms with Crippen LogP contribution in [0, 0.1) is 6.92 Å². The molecule has 2 aromatic rings. The van der Waals surface area contributed by atoms with Crippen LogP contribution in [0.5, 0.6) is 0 Å². The van der Waals surface area contributed by atoms with Crippen molar-refractivity contribution < 1.29 is 14.6 Å². The third-order valence-corrected chi connectivity index (χ3v) is 5.60. The summed E-state index contributed by atoms with van der Waals surface area (Å²) in [5.74, 6) is 0.101. The van der Waals surface area contributed by atoms with Gasteiger partial charge in [-0.2, -0.15) is 4.98 Å². The highest BCUT2D eigenvalue weighted by Gasteiger charge is 2.27. The number of anilines is 1. The molecule has 4 heterocycles. The van der Waals surface area contributed by atoms with Crippen molar-refractivity contribution in [2.75, 3.05) is 31.6 Å². The zero-order valence-electron chi connectivity index (χ0n) is 16.1. The molecule has 9 heteroatoms. The third kappa shape index (κ3) is 3.30. The highest BCUT2D eigenvalue weighted by molar-refractivity contribution is 5.99. The van der Waals surface area contributed by atoms with E-state index in [-0.39, 0.29) is 35.6 Å². The monoisotopic (exact) mass is 387 g/mol. The molecule has 2 aliphatic heterocycles. The Labute approximate surface area is 162 Å². The molecule has 0 unspecified atom stereocenters. The number of aliphatic hydroxyl groups is 1. The number of aryl methyl sites for hydroxylation is 1. The van der Waals surface area contributed by atoms with Gasteiger partial charge in [0.1, 0.15) is 5.65 Å². The van der Waals surface area contributed by atoms with E-state index in [1.54, 1.807) is 17.7 Å². The van der Waals surface area contributed by atoms with E-state index in [0.29, 0.717) is 42.1 Å².